The van der Waals surface area contributed by atoms with Crippen LogP contribution in [0, 0.1) is 0 Å². The standard InChI is InChI=1S/C11H14Cl3N/c1-11(2,3-4-15)10-8(13)5-7(12)6-9(10)14/h5-6H,3-4,15H2,1-2H3. The number of nitrogens with two attached hydrogens (primary N) is 1. The van der Waals surface area contributed by atoms with Gasteiger partial charge in [0.15, 0.2) is 0 Å². The highest BCUT2D eigenvalue weighted by molar-refractivity contribution is 6.39. The zero-order valence-corrected chi connectivity index (χ0v) is 11.0. The SMILES string of the molecule is CC(C)(CCN)c1c(Cl)cc(Cl)cc1Cl. The van der Waals surface area contributed by atoms with Gasteiger partial charge in [-0.1, -0.05) is 48.7 Å². The fraction of sp³-hybridized carbons (Fsp3) is 0.455. The van der Waals surface area contributed by atoms with Gasteiger partial charge in [0.1, 0.15) is 0 Å². The highest BCUT2D eigenvalue weighted by atomic mass is 35.5. The van der Waals surface area contributed by atoms with Crippen LogP contribution in [-0.4, -0.2) is 6.54 Å². The number of rotatable bonds is 3. The summed E-state index contributed by atoms with van der Waals surface area (Å²) >= 11 is 18.1. The Labute approximate surface area is 106 Å². The first kappa shape index (κ1) is 13.1. The molecule has 0 fully saturated rings. The predicted molar refractivity (Wildman–Crippen MR) is 68.2 cm³/mol. The minimum absolute atomic E-state index is 0.131. The molecule has 0 aromatic heterocycles. The molecule has 0 saturated heterocycles. The summed E-state index contributed by atoms with van der Waals surface area (Å²) < 4.78 is 0. The van der Waals surface area contributed by atoms with Crippen molar-refractivity contribution in [2.45, 2.75) is 25.7 Å². The smallest absolute Gasteiger partial charge is 0.0473 e. The summed E-state index contributed by atoms with van der Waals surface area (Å²) in [6, 6.07) is 3.42. The van der Waals surface area contributed by atoms with E-state index >= 15 is 0 Å². The van der Waals surface area contributed by atoms with Crippen LogP contribution in [0.5, 0.6) is 0 Å². The summed E-state index contributed by atoms with van der Waals surface area (Å²) in [5.74, 6) is 0. The van der Waals surface area contributed by atoms with E-state index in [0.29, 0.717) is 21.6 Å². The molecule has 2 N–H and O–H groups in total. The second kappa shape index (κ2) is 4.92. The van der Waals surface area contributed by atoms with Crippen LogP contribution in [0.15, 0.2) is 12.1 Å². The number of halogens is 3. The van der Waals surface area contributed by atoms with Gasteiger partial charge in [-0.15, -0.1) is 0 Å². The van der Waals surface area contributed by atoms with Crippen molar-refractivity contribution >= 4 is 34.8 Å². The Morgan fingerprint density at radius 1 is 1.13 bits per heavy atom. The highest BCUT2D eigenvalue weighted by Crippen LogP contribution is 2.39. The van der Waals surface area contributed by atoms with Gasteiger partial charge in [0.2, 0.25) is 0 Å². The lowest BCUT2D eigenvalue weighted by molar-refractivity contribution is 0.488. The van der Waals surface area contributed by atoms with E-state index in [2.05, 4.69) is 13.8 Å². The maximum Gasteiger partial charge on any atom is 0.0473 e. The second-order valence-electron chi connectivity index (χ2n) is 4.17. The lowest BCUT2D eigenvalue weighted by Crippen LogP contribution is -2.22. The summed E-state index contributed by atoms with van der Waals surface area (Å²) in [6.07, 6.45) is 0.827. The molecule has 1 rings (SSSR count). The molecular formula is C11H14Cl3N. The van der Waals surface area contributed by atoms with Crippen LogP contribution in [0.2, 0.25) is 15.1 Å². The number of benzene rings is 1. The van der Waals surface area contributed by atoms with E-state index in [-0.39, 0.29) is 5.41 Å². The first-order chi connectivity index (χ1) is 6.88. The summed E-state index contributed by atoms with van der Waals surface area (Å²) in [5, 5.41) is 1.76. The Hall–Kier alpha value is 0.0500. The van der Waals surface area contributed by atoms with Crippen molar-refractivity contribution in [3.05, 3.63) is 32.8 Å². The Balaban J connectivity index is 3.24. The third-order valence-electron chi connectivity index (χ3n) is 2.45. The van der Waals surface area contributed by atoms with Crippen LogP contribution in [0.3, 0.4) is 0 Å². The zero-order valence-electron chi connectivity index (χ0n) is 8.78. The normalized spacial score (nSPS) is 11.9. The van der Waals surface area contributed by atoms with Crippen LogP contribution in [0.4, 0.5) is 0 Å². The summed E-state index contributed by atoms with van der Waals surface area (Å²) in [5.41, 5.74) is 6.36. The minimum atomic E-state index is -0.131. The van der Waals surface area contributed by atoms with Gasteiger partial charge in [-0.05, 0) is 36.1 Å². The van der Waals surface area contributed by atoms with Gasteiger partial charge in [0.25, 0.3) is 0 Å². The van der Waals surface area contributed by atoms with E-state index in [1.807, 2.05) is 0 Å². The molecule has 84 valence electrons. The van der Waals surface area contributed by atoms with Gasteiger partial charge in [-0.3, -0.25) is 0 Å². The van der Waals surface area contributed by atoms with Gasteiger partial charge < -0.3 is 5.73 Å². The topological polar surface area (TPSA) is 26.0 Å². The molecule has 0 saturated carbocycles. The van der Waals surface area contributed by atoms with Crippen molar-refractivity contribution in [3.63, 3.8) is 0 Å². The van der Waals surface area contributed by atoms with Gasteiger partial charge in [-0.2, -0.15) is 0 Å². The number of hydrogen-bond donors (Lipinski definition) is 1. The van der Waals surface area contributed by atoms with Gasteiger partial charge >= 0.3 is 0 Å². The summed E-state index contributed by atoms with van der Waals surface area (Å²) in [4.78, 5) is 0. The molecule has 1 aromatic carbocycles. The average molecular weight is 267 g/mol. The van der Waals surface area contributed by atoms with Crippen LogP contribution in [-0.2, 0) is 5.41 Å². The first-order valence-electron chi connectivity index (χ1n) is 4.73. The maximum absolute atomic E-state index is 6.15. The Morgan fingerprint density at radius 3 is 2.00 bits per heavy atom. The molecule has 0 atom stereocenters. The molecule has 0 aliphatic rings. The van der Waals surface area contributed by atoms with Crippen molar-refractivity contribution in [3.8, 4) is 0 Å². The molecule has 0 radical (unpaired) electrons. The van der Waals surface area contributed by atoms with Gasteiger partial charge in [0.05, 0.1) is 0 Å². The third kappa shape index (κ3) is 3.01. The van der Waals surface area contributed by atoms with Crippen molar-refractivity contribution < 1.29 is 0 Å². The van der Waals surface area contributed by atoms with Gasteiger partial charge in [-0.25, -0.2) is 0 Å². The van der Waals surface area contributed by atoms with Crippen molar-refractivity contribution in [1.82, 2.24) is 0 Å². The van der Waals surface area contributed by atoms with Crippen LogP contribution in [0.1, 0.15) is 25.8 Å². The fourth-order valence-electron chi connectivity index (χ4n) is 1.67. The molecule has 0 amide bonds. The molecule has 0 aliphatic heterocycles. The maximum atomic E-state index is 6.15. The molecule has 15 heavy (non-hydrogen) atoms. The Bertz CT molecular complexity index is 338. The average Bonchev–Trinajstić information content (AvgIpc) is 1.99. The predicted octanol–water partition coefficient (Wildman–Crippen LogP) is 4.27. The quantitative estimate of drug-likeness (QED) is 0.868. The third-order valence-corrected chi connectivity index (χ3v) is 3.27. The highest BCUT2D eigenvalue weighted by Gasteiger charge is 2.25. The largest absolute Gasteiger partial charge is 0.330 e. The molecule has 0 heterocycles. The van der Waals surface area contributed by atoms with E-state index in [1.54, 1.807) is 12.1 Å². The molecule has 0 spiro atoms. The van der Waals surface area contributed by atoms with Crippen molar-refractivity contribution in [2.75, 3.05) is 6.54 Å². The summed E-state index contributed by atoms with van der Waals surface area (Å²) in [7, 11) is 0. The van der Waals surface area contributed by atoms with Gasteiger partial charge in [0, 0.05) is 15.1 Å². The minimum Gasteiger partial charge on any atom is -0.330 e. The first-order valence-corrected chi connectivity index (χ1v) is 5.87. The Morgan fingerprint density at radius 2 is 1.60 bits per heavy atom. The molecule has 0 bridgehead atoms. The molecular weight excluding hydrogens is 252 g/mol. The molecule has 0 aliphatic carbocycles. The van der Waals surface area contributed by atoms with E-state index in [1.165, 1.54) is 0 Å². The second-order valence-corrected chi connectivity index (χ2v) is 5.42. The fourth-order valence-corrected chi connectivity index (χ4v) is 3.00. The molecule has 1 aromatic rings. The lowest BCUT2D eigenvalue weighted by Gasteiger charge is -2.27. The molecule has 4 heteroatoms. The number of hydrogen-bond acceptors (Lipinski definition) is 1. The van der Waals surface area contributed by atoms with Crippen molar-refractivity contribution in [2.24, 2.45) is 5.73 Å². The molecule has 1 nitrogen and oxygen atoms in total. The van der Waals surface area contributed by atoms with Crippen LogP contribution >= 0.6 is 34.8 Å². The van der Waals surface area contributed by atoms with E-state index < -0.39 is 0 Å². The zero-order chi connectivity index (χ0) is 11.6. The van der Waals surface area contributed by atoms with E-state index in [0.717, 1.165) is 12.0 Å². The van der Waals surface area contributed by atoms with Crippen LogP contribution in [0.25, 0.3) is 0 Å². The monoisotopic (exact) mass is 265 g/mol. The summed E-state index contributed by atoms with van der Waals surface area (Å²) in [6.45, 7) is 4.74. The Kier molecular flexibility index (Phi) is 4.30. The molecule has 0 unspecified atom stereocenters. The van der Waals surface area contributed by atoms with Crippen molar-refractivity contribution in [1.29, 1.82) is 0 Å². The van der Waals surface area contributed by atoms with Crippen LogP contribution < -0.4 is 5.73 Å². The lowest BCUT2D eigenvalue weighted by atomic mass is 9.81. The van der Waals surface area contributed by atoms with E-state index in [9.17, 15) is 0 Å². The van der Waals surface area contributed by atoms with E-state index in [4.69, 9.17) is 40.5 Å².